The minimum atomic E-state index is -0.705. The number of aromatic nitrogens is 4. The van der Waals surface area contributed by atoms with Crippen LogP contribution in [-0.2, 0) is 17.9 Å². The number of tetrazole rings is 1. The molecule has 114 valence electrons. The number of hydrogen-bond acceptors (Lipinski definition) is 6. The van der Waals surface area contributed by atoms with Gasteiger partial charge in [-0.3, -0.25) is 9.69 Å². The van der Waals surface area contributed by atoms with E-state index in [-0.39, 0.29) is 18.5 Å². The predicted octanol–water partition coefficient (Wildman–Crippen LogP) is 0.401. The summed E-state index contributed by atoms with van der Waals surface area (Å²) < 4.78 is 1.67. The predicted molar refractivity (Wildman–Crippen MR) is 76.5 cm³/mol. The summed E-state index contributed by atoms with van der Waals surface area (Å²) in [6.07, 6.45) is 2.68. The standard InChI is InChI=1S/C12H18N6O2S/c1-2-3-5-18-9(14-15-16-18)7-17-10(19)12(13-11(17)20)4-6-21-8-12/h2-8H2,1H3,(H,13,20)/t12-/m0/s1. The zero-order chi connectivity index (χ0) is 14.9. The molecule has 3 amide bonds. The Hall–Kier alpha value is -1.64. The van der Waals surface area contributed by atoms with Crippen molar-refractivity contribution in [2.45, 2.75) is 44.8 Å². The molecule has 21 heavy (non-hydrogen) atoms. The molecule has 1 N–H and O–H groups in total. The largest absolute Gasteiger partial charge is 0.325 e. The minimum Gasteiger partial charge on any atom is -0.322 e. The number of aryl methyl sites for hydroxylation is 1. The Balaban J connectivity index is 1.74. The van der Waals surface area contributed by atoms with Gasteiger partial charge in [0.1, 0.15) is 5.54 Å². The van der Waals surface area contributed by atoms with Gasteiger partial charge in [0.15, 0.2) is 5.82 Å². The fraction of sp³-hybridized carbons (Fsp3) is 0.750. The number of amides is 3. The number of rotatable bonds is 5. The highest BCUT2D eigenvalue weighted by Gasteiger charge is 2.53. The molecule has 0 unspecified atom stereocenters. The van der Waals surface area contributed by atoms with E-state index in [4.69, 9.17) is 0 Å². The number of nitrogens with zero attached hydrogens (tertiary/aromatic N) is 5. The lowest BCUT2D eigenvalue weighted by Gasteiger charge is -2.19. The van der Waals surface area contributed by atoms with E-state index in [2.05, 4.69) is 27.8 Å². The minimum absolute atomic E-state index is 0.133. The zero-order valence-corrected chi connectivity index (χ0v) is 12.7. The molecule has 1 aromatic rings. The zero-order valence-electron chi connectivity index (χ0n) is 11.9. The Morgan fingerprint density at radius 2 is 2.29 bits per heavy atom. The molecule has 1 atom stereocenters. The summed E-state index contributed by atoms with van der Waals surface area (Å²) in [7, 11) is 0. The van der Waals surface area contributed by atoms with Gasteiger partial charge in [0.05, 0.1) is 6.54 Å². The summed E-state index contributed by atoms with van der Waals surface area (Å²) in [6.45, 7) is 2.92. The number of carbonyl (C=O) groups excluding carboxylic acids is 2. The van der Waals surface area contributed by atoms with Crippen LogP contribution in [0.4, 0.5) is 4.79 Å². The van der Waals surface area contributed by atoms with Crippen molar-refractivity contribution in [1.82, 2.24) is 30.4 Å². The van der Waals surface area contributed by atoms with E-state index < -0.39 is 5.54 Å². The van der Waals surface area contributed by atoms with Gasteiger partial charge >= 0.3 is 6.03 Å². The van der Waals surface area contributed by atoms with Crippen LogP contribution in [0.5, 0.6) is 0 Å². The van der Waals surface area contributed by atoms with Crippen LogP contribution >= 0.6 is 11.8 Å². The van der Waals surface area contributed by atoms with Crippen LogP contribution in [0.3, 0.4) is 0 Å². The first-order valence-corrected chi connectivity index (χ1v) is 8.28. The topological polar surface area (TPSA) is 93.0 Å². The first-order chi connectivity index (χ1) is 10.2. The average Bonchev–Trinajstić information content (AvgIpc) is 3.15. The van der Waals surface area contributed by atoms with Gasteiger partial charge in [-0.2, -0.15) is 11.8 Å². The van der Waals surface area contributed by atoms with Crippen LogP contribution in [0.25, 0.3) is 0 Å². The van der Waals surface area contributed by atoms with Gasteiger partial charge in [0.25, 0.3) is 5.91 Å². The molecule has 2 aliphatic rings. The van der Waals surface area contributed by atoms with Gasteiger partial charge in [-0.1, -0.05) is 13.3 Å². The van der Waals surface area contributed by atoms with Crippen LogP contribution in [-0.4, -0.2) is 54.1 Å². The Labute approximate surface area is 126 Å². The third-order valence-corrected chi connectivity index (χ3v) is 5.09. The molecule has 3 rings (SSSR count). The highest BCUT2D eigenvalue weighted by atomic mass is 32.2. The average molecular weight is 310 g/mol. The second kappa shape index (κ2) is 5.63. The van der Waals surface area contributed by atoms with Gasteiger partial charge in [0.2, 0.25) is 0 Å². The third kappa shape index (κ3) is 2.50. The molecule has 9 heteroatoms. The quantitative estimate of drug-likeness (QED) is 0.791. The van der Waals surface area contributed by atoms with Crippen LogP contribution in [0.2, 0.25) is 0 Å². The fourth-order valence-electron chi connectivity index (χ4n) is 2.61. The molecule has 8 nitrogen and oxygen atoms in total. The number of hydrogen-bond donors (Lipinski definition) is 1. The Morgan fingerprint density at radius 3 is 3.00 bits per heavy atom. The van der Waals surface area contributed by atoms with E-state index in [0.717, 1.165) is 18.6 Å². The fourth-order valence-corrected chi connectivity index (χ4v) is 3.94. The van der Waals surface area contributed by atoms with E-state index in [0.29, 0.717) is 24.5 Å². The molecule has 1 spiro atoms. The first kappa shape index (κ1) is 14.3. The number of carbonyl (C=O) groups is 2. The van der Waals surface area contributed by atoms with Crippen molar-refractivity contribution in [3.8, 4) is 0 Å². The van der Waals surface area contributed by atoms with Crippen molar-refractivity contribution in [3.63, 3.8) is 0 Å². The van der Waals surface area contributed by atoms with Crippen molar-refractivity contribution in [2.24, 2.45) is 0 Å². The monoisotopic (exact) mass is 310 g/mol. The van der Waals surface area contributed by atoms with Gasteiger partial charge in [-0.25, -0.2) is 9.48 Å². The van der Waals surface area contributed by atoms with Crippen molar-refractivity contribution in [2.75, 3.05) is 11.5 Å². The van der Waals surface area contributed by atoms with Crippen LogP contribution < -0.4 is 5.32 Å². The second-order valence-electron chi connectivity index (χ2n) is 5.38. The lowest BCUT2D eigenvalue weighted by Crippen LogP contribution is -2.47. The maximum atomic E-state index is 12.5. The second-order valence-corrected chi connectivity index (χ2v) is 6.48. The first-order valence-electron chi connectivity index (χ1n) is 7.13. The number of imide groups is 1. The highest BCUT2D eigenvalue weighted by Crippen LogP contribution is 2.33. The van der Waals surface area contributed by atoms with Gasteiger partial charge in [-0.15, -0.1) is 5.10 Å². The molecular formula is C12H18N6O2S. The van der Waals surface area contributed by atoms with E-state index in [1.807, 2.05) is 0 Å². The van der Waals surface area contributed by atoms with E-state index in [1.54, 1.807) is 16.4 Å². The molecule has 2 fully saturated rings. The summed E-state index contributed by atoms with van der Waals surface area (Å²) in [5.41, 5.74) is -0.705. The molecular weight excluding hydrogens is 292 g/mol. The summed E-state index contributed by atoms with van der Waals surface area (Å²) in [6, 6.07) is -0.340. The van der Waals surface area contributed by atoms with Crippen molar-refractivity contribution < 1.29 is 9.59 Å². The summed E-state index contributed by atoms with van der Waals surface area (Å²) in [4.78, 5) is 25.9. The number of unbranched alkanes of at least 4 members (excludes halogenated alkanes) is 1. The van der Waals surface area contributed by atoms with Crippen molar-refractivity contribution in [3.05, 3.63) is 5.82 Å². The summed E-state index contributed by atoms with van der Waals surface area (Å²) in [5, 5.41) is 14.3. The smallest absolute Gasteiger partial charge is 0.322 e. The SMILES string of the molecule is CCCCn1nnnc1CN1C(=O)N[C@]2(CCSC2)C1=O. The Kier molecular flexibility index (Phi) is 3.83. The Bertz CT molecular complexity index is 554. The molecule has 0 saturated carbocycles. The van der Waals surface area contributed by atoms with Crippen LogP contribution in [0, 0.1) is 0 Å². The van der Waals surface area contributed by atoms with Crippen molar-refractivity contribution in [1.29, 1.82) is 0 Å². The van der Waals surface area contributed by atoms with Gasteiger partial charge in [-0.05, 0) is 29.0 Å². The highest BCUT2D eigenvalue weighted by molar-refractivity contribution is 7.99. The molecule has 2 saturated heterocycles. The molecule has 2 aliphatic heterocycles. The lowest BCUT2D eigenvalue weighted by molar-refractivity contribution is -0.131. The molecule has 0 aromatic carbocycles. The van der Waals surface area contributed by atoms with Crippen LogP contribution in [0.15, 0.2) is 0 Å². The Morgan fingerprint density at radius 1 is 1.43 bits per heavy atom. The van der Waals surface area contributed by atoms with Crippen LogP contribution in [0.1, 0.15) is 32.0 Å². The van der Waals surface area contributed by atoms with Gasteiger partial charge in [0, 0.05) is 12.3 Å². The summed E-state index contributed by atoms with van der Waals surface area (Å²) >= 11 is 1.69. The number of nitrogens with one attached hydrogen (secondary N) is 1. The lowest BCUT2D eigenvalue weighted by atomic mass is 9.99. The van der Waals surface area contributed by atoms with Crippen molar-refractivity contribution >= 4 is 23.7 Å². The molecule has 3 heterocycles. The maximum absolute atomic E-state index is 12.5. The number of urea groups is 1. The van der Waals surface area contributed by atoms with Gasteiger partial charge < -0.3 is 5.32 Å². The van der Waals surface area contributed by atoms with E-state index in [9.17, 15) is 9.59 Å². The van der Waals surface area contributed by atoms with E-state index >= 15 is 0 Å². The molecule has 0 bridgehead atoms. The number of thioether (sulfide) groups is 1. The third-order valence-electron chi connectivity index (χ3n) is 3.90. The molecule has 1 aromatic heterocycles. The van der Waals surface area contributed by atoms with E-state index in [1.165, 1.54) is 4.90 Å². The normalized spacial score (nSPS) is 25.1. The molecule has 0 aliphatic carbocycles. The summed E-state index contributed by atoms with van der Waals surface area (Å²) in [5.74, 6) is 1.94. The maximum Gasteiger partial charge on any atom is 0.325 e. The molecule has 0 radical (unpaired) electrons.